The zero-order valence-electron chi connectivity index (χ0n) is 10.2. The lowest BCUT2D eigenvalue weighted by Crippen LogP contribution is -2.11. The van der Waals surface area contributed by atoms with Crippen molar-refractivity contribution in [3.05, 3.63) is 36.0 Å². The Hall–Kier alpha value is -1.90. The molecule has 17 heavy (non-hydrogen) atoms. The minimum absolute atomic E-state index is 0.0447. The fourth-order valence-electron chi connectivity index (χ4n) is 1.79. The third-order valence-corrected chi connectivity index (χ3v) is 2.61. The van der Waals surface area contributed by atoms with Crippen LogP contribution >= 0.6 is 0 Å². The van der Waals surface area contributed by atoms with Crippen molar-refractivity contribution in [2.24, 2.45) is 0 Å². The number of hydrogen-bond acceptors (Lipinski definition) is 2. The Morgan fingerprint density at radius 1 is 1.29 bits per heavy atom. The van der Waals surface area contributed by atoms with Crippen LogP contribution < -0.4 is 5.32 Å². The summed E-state index contributed by atoms with van der Waals surface area (Å²) in [4.78, 5) is 16.1. The highest BCUT2D eigenvalue weighted by Gasteiger charge is 2.05. The molecule has 0 unspecified atom stereocenters. The second-order valence-corrected chi connectivity index (χ2v) is 4.13. The van der Waals surface area contributed by atoms with E-state index in [4.69, 9.17) is 0 Å². The Labute approximate surface area is 101 Å². The van der Waals surface area contributed by atoms with Gasteiger partial charge in [-0.05, 0) is 25.5 Å². The monoisotopic (exact) mass is 228 g/mol. The van der Waals surface area contributed by atoms with Crippen LogP contribution in [0.5, 0.6) is 0 Å². The second kappa shape index (κ2) is 4.95. The number of anilines is 1. The molecule has 2 rings (SSSR count). The molecular formula is C14H16N2O. The van der Waals surface area contributed by atoms with Crippen LogP contribution in [0.2, 0.25) is 0 Å². The van der Waals surface area contributed by atoms with Crippen LogP contribution in [0, 0.1) is 6.92 Å². The Morgan fingerprint density at radius 2 is 2.12 bits per heavy atom. The lowest BCUT2D eigenvalue weighted by molar-refractivity contribution is -0.116. The second-order valence-electron chi connectivity index (χ2n) is 4.13. The number of hydrogen-bond donors (Lipinski definition) is 1. The van der Waals surface area contributed by atoms with Gasteiger partial charge < -0.3 is 5.32 Å². The molecule has 0 radical (unpaired) electrons. The summed E-state index contributed by atoms with van der Waals surface area (Å²) in [5, 5.41) is 3.96. The molecule has 1 aromatic carbocycles. The molecule has 0 aliphatic carbocycles. The lowest BCUT2D eigenvalue weighted by Gasteiger charge is -2.08. The van der Waals surface area contributed by atoms with Gasteiger partial charge in [-0.1, -0.05) is 25.1 Å². The zero-order valence-corrected chi connectivity index (χ0v) is 10.2. The van der Waals surface area contributed by atoms with E-state index in [1.807, 2.05) is 44.2 Å². The number of benzene rings is 1. The molecule has 3 nitrogen and oxygen atoms in total. The summed E-state index contributed by atoms with van der Waals surface area (Å²) in [5.74, 6) is 0.0447. The van der Waals surface area contributed by atoms with E-state index in [-0.39, 0.29) is 5.91 Å². The first kappa shape index (κ1) is 11.6. The predicted octanol–water partition coefficient (Wildman–Crippen LogP) is 3.28. The normalized spacial score (nSPS) is 10.5. The number of aromatic nitrogens is 1. The maximum absolute atomic E-state index is 11.6. The molecule has 1 heterocycles. The van der Waals surface area contributed by atoms with E-state index < -0.39 is 0 Å². The summed E-state index contributed by atoms with van der Waals surface area (Å²) in [6, 6.07) is 9.81. The van der Waals surface area contributed by atoms with Gasteiger partial charge >= 0.3 is 0 Å². The van der Waals surface area contributed by atoms with Crippen LogP contribution in [0.4, 0.5) is 5.69 Å². The van der Waals surface area contributed by atoms with Gasteiger partial charge in [0.1, 0.15) is 0 Å². The average Bonchev–Trinajstić information content (AvgIpc) is 2.30. The maximum Gasteiger partial charge on any atom is 0.224 e. The molecular weight excluding hydrogens is 212 g/mol. The fraction of sp³-hybridized carbons (Fsp3) is 0.286. The smallest absolute Gasteiger partial charge is 0.224 e. The minimum atomic E-state index is 0.0447. The van der Waals surface area contributed by atoms with Crippen LogP contribution in [-0.2, 0) is 4.79 Å². The van der Waals surface area contributed by atoms with E-state index in [0.29, 0.717) is 6.42 Å². The van der Waals surface area contributed by atoms with Gasteiger partial charge in [0.15, 0.2) is 0 Å². The number of nitrogens with one attached hydrogen (secondary N) is 1. The van der Waals surface area contributed by atoms with Gasteiger partial charge in [-0.15, -0.1) is 0 Å². The van der Waals surface area contributed by atoms with Crippen LogP contribution in [0.3, 0.4) is 0 Å². The Bertz CT molecular complexity index is 549. The summed E-state index contributed by atoms with van der Waals surface area (Å²) in [6.07, 6.45) is 1.39. The van der Waals surface area contributed by atoms with Crippen LogP contribution in [0.15, 0.2) is 30.3 Å². The number of amides is 1. The maximum atomic E-state index is 11.6. The Morgan fingerprint density at radius 3 is 2.88 bits per heavy atom. The van der Waals surface area contributed by atoms with E-state index in [1.165, 1.54) is 0 Å². The Balaban J connectivity index is 2.39. The first-order chi connectivity index (χ1) is 8.20. The number of aryl methyl sites for hydroxylation is 1. The van der Waals surface area contributed by atoms with E-state index in [1.54, 1.807) is 0 Å². The number of para-hydroxylation sites is 1. The molecule has 1 amide bonds. The van der Waals surface area contributed by atoms with E-state index in [9.17, 15) is 4.79 Å². The molecule has 0 atom stereocenters. The molecule has 1 N–H and O–H groups in total. The van der Waals surface area contributed by atoms with Crippen LogP contribution in [-0.4, -0.2) is 10.9 Å². The van der Waals surface area contributed by atoms with Gasteiger partial charge in [0, 0.05) is 17.5 Å². The van der Waals surface area contributed by atoms with E-state index in [2.05, 4.69) is 10.3 Å². The third kappa shape index (κ3) is 2.61. The molecule has 0 saturated carbocycles. The van der Waals surface area contributed by atoms with Gasteiger partial charge in [0.25, 0.3) is 0 Å². The molecule has 0 bridgehead atoms. The number of pyridine rings is 1. The zero-order chi connectivity index (χ0) is 12.3. The molecule has 88 valence electrons. The van der Waals surface area contributed by atoms with Gasteiger partial charge in [-0.2, -0.15) is 0 Å². The third-order valence-electron chi connectivity index (χ3n) is 2.61. The highest BCUT2D eigenvalue weighted by Crippen LogP contribution is 2.21. The molecule has 0 saturated heterocycles. The van der Waals surface area contributed by atoms with Crippen LogP contribution in [0.25, 0.3) is 10.9 Å². The van der Waals surface area contributed by atoms with E-state index >= 15 is 0 Å². The van der Waals surface area contributed by atoms with Gasteiger partial charge in [0.05, 0.1) is 11.2 Å². The summed E-state index contributed by atoms with van der Waals surface area (Å²) >= 11 is 0. The largest absolute Gasteiger partial charge is 0.324 e. The number of carbonyl (C=O) groups excluding carboxylic acids is 1. The number of carbonyl (C=O) groups is 1. The molecule has 2 aromatic rings. The lowest BCUT2D eigenvalue weighted by atomic mass is 10.1. The van der Waals surface area contributed by atoms with Crippen molar-refractivity contribution in [1.82, 2.24) is 4.98 Å². The first-order valence-electron chi connectivity index (χ1n) is 5.87. The summed E-state index contributed by atoms with van der Waals surface area (Å²) in [7, 11) is 0. The van der Waals surface area contributed by atoms with Crippen molar-refractivity contribution in [3.8, 4) is 0 Å². The SMILES string of the molecule is CCCC(=O)Nc1cccc2ccc(C)nc12. The van der Waals surface area contributed by atoms with Crippen molar-refractivity contribution < 1.29 is 4.79 Å². The highest BCUT2D eigenvalue weighted by atomic mass is 16.1. The highest BCUT2D eigenvalue weighted by molar-refractivity contribution is 6.00. The van der Waals surface area contributed by atoms with Gasteiger partial charge in [-0.3, -0.25) is 9.78 Å². The van der Waals surface area contributed by atoms with E-state index in [0.717, 1.165) is 28.7 Å². The predicted molar refractivity (Wildman–Crippen MR) is 70.0 cm³/mol. The topological polar surface area (TPSA) is 42.0 Å². The van der Waals surface area contributed by atoms with Crippen molar-refractivity contribution in [2.45, 2.75) is 26.7 Å². The summed E-state index contributed by atoms with van der Waals surface area (Å²) < 4.78 is 0. The quantitative estimate of drug-likeness (QED) is 0.875. The molecule has 0 fully saturated rings. The van der Waals surface area contributed by atoms with Gasteiger partial charge in [-0.25, -0.2) is 0 Å². The van der Waals surface area contributed by atoms with Crippen molar-refractivity contribution in [2.75, 3.05) is 5.32 Å². The number of rotatable bonds is 3. The Kier molecular flexibility index (Phi) is 3.38. The summed E-state index contributed by atoms with van der Waals surface area (Å²) in [5.41, 5.74) is 2.61. The standard InChI is InChI=1S/C14H16N2O/c1-3-5-13(17)16-12-7-4-6-11-9-8-10(2)15-14(11)12/h4,6-9H,3,5H2,1-2H3,(H,16,17). The van der Waals surface area contributed by atoms with Gasteiger partial charge in [0.2, 0.25) is 5.91 Å². The average molecular weight is 228 g/mol. The van der Waals surface area contributed by atoms with Crippen LogP contribution in [0.1, 0.15) is 25.5 Å². The molecule has 3 heteroatoms. The van der Waals surface area contributed by atoms with Crippen molar-refractivity contribution in [1.29, 1.82) is 0 Å². The van der Waals surface area contributed by atoms with Crippen molar-refractivity contribution >= 4 is 22.5 Å². The van der Waals surface area contributed by atoms with Crippen molar-refractivity contribution in [3.63, 3.8) is 0 Å². The molecule has 0 spiro atoms. The number of nitrogens with zero attached hydrogens (tertiary/aromatic N) is 1. The fourth-order valence-corrected chi connectivity index (χ4v) is 1.79. The first-order valence-corrected chi connectivity index (χ1v) is 5.87. The molecule has 0 aliphatic heterocycles. The molecule has 0 aliphatic rings. The number of fused-ring (bicyclic) bond motifs is 1. The minimum Gasteiger partial charge on any atom is -0.324 e. The molecule has 1 aromatic heterocycles. The summed E-state index contributed by atoms with van der Waals surface area (Å²) in [6.45, 7) is 3.94.